The minimum absolute atomic E-state index is 0.313. The summed E-state index contributed by atoms with van der Waals surface area (Å²) < 4.78 is 35.6. The Balaban J connectivity index is 1.43. The Hall–Kier alpha value is -3.10. The van der Waals surface area contributed by atoms with Crippen LogP contribution in [0, 0.1) is 5.82 Å². The lowest BCUT2D eigenvalue weighted by Gasteiger charge is -2.32. The zero-order chi connectivity index (χ0) is 22.3. The molecule has 1 N–H and O–H groups in total. The Morgan fingerprint density at radius 2 is 1.84 bits per heavy atom. The number of benzene rings is 2. The number of hydrogen-bond acceptors (Lipinski definition) is 4. The fourth-order valence-corrected chi connectivity index (χ4v) is 4.41. The molecule has 32 heavy (non-hydrogen) atoms. The van der Waals surface area contributed by atoms with Crippen molar-refractivity contribution in [2.24, 2.45) is 0 Å². The average Bonchev–Trinajstić information content (AvgIpc) is 3.44. The molecule has 4 aromatic rings. The van der Waals surface area contributed by atoms with Gasteiger partial charge in [0.15, 0.2) is 6.73 Å². The molecular weight excluding hydrogens is 408 g/mol. The summed E-state index contributed by atoms with van der Waals surface area (Å²) in [4.78, 5) is 7.03. The molecule has 4 heterocycles. The molecule has 162 valence electrons. The summed E-state index contributed by atoms with van der Waals surface area (Å²) in [7, 11) is -0.446. The summed E-state index contributed by atoms with van der Waals surface area (Å²) >= 11 is 0. The van der Waals surface area contributed by atoms with Crippen molar-refractivity contribution >= 4 is 23.5 Å². The van der Waals surface area contributed by atoms with Crippen molar-refractivity contribution in [1.82, 2.24) is 14.5 Å². The third-order valence-corrected chi connectivity index (χ3v) is 6.92. The van der Waals surface area contributed by atoms with Crippen molar-refractivity contribution in [3.8, 4) is 28.3 Å². The van der Waals surface area contributed by atoms with Gasteiger partial charge in [-0.3, -0.25) is 0 Å². The van der Waals surface area contributed by atoms with Crippen LogP contribution in [-0.4, -0.2) is 32.9 Å². The van der Waals surface area contributed by atoms with Gasteiger partial charge in [0.2, 0.25) is 0 Å². The first-order chi connectivity index (χ1) is 15.2. The van der Waals surface area contributed by atoms with Gasteiger partial charge >= 0.3 is 7.12 Å². The number of aromatic amines is 1. The van der Waals surface area contributed by atoms with Crippen LogP contribution in [-0.2, 0) is 16.0 Å². The maximum Gasteiger partial charge on any atom is 0.494 e. The molecule has 2 aliphatic heterocycles. The molecule has 1 fully saturated rings. The lowest BCUT2D eigenvalue weighted by molar-refractivity contribution is 0.00578. The minimum Gasteiger partial charge on any atom is -0.472 e. The van der Waals surface area contributed by atoms with Gasteiger partial charge in [0.05, 0.1) is 46.2 Å². The van der Waals surface area contributed by atoms with Crippen molar-refractivity contribution in [2.75, 3.05) is 0 Å². The van der Waals surface area contributed by atoms with Gasteiger partial charge in [-0.25, -0.2) is 9.37 Å². The van der Waals surface area contributed by atoms with E-state index in [-0.39, 0.29) is 5.82 Å². The summed E-state index contributed by atoms with van der Waals surface area (Å²) in [6.07, 6.45) is 3.24. The molecule has 2 aliphatic rings. The van der Waals surface area contributed by atoms with Gasteiger partial charge in [-0.1, -0.05) is 12.1 Å². The highest BCUT2D eigenvalue weighted by atomic mass is 19.1. The zero-order valence-corrected chi connectivity index (χ0v) is 18.4. The van der Waals surface area contributed by atoms with E-state index in [1.165, 1.54) is 6.07 Å². The molecule has 6 nitrogen and oxygen atoms in total. The number of hydrogen-bond donors (Lipinski definition) is 1. The Kier molecular flexibility index (Phi) is 3.95. The van der Waals surface area contributed by atoms with E-state index >= 15 is 4.39 Å². The van der Waals surface area contributed by atoms with Crippen LogP contribution in [0.15, 0.2) is 48.9 Å². The molecule has 0 spiro atoms. The number of rotatable bonds is 2. The SMILES string of the molecule is CC1(C)OB(c2ccc3c(c2)cc2n3COc3cc(-c4cnc[nH]4)cc(F)c3-2)OC1(C)C. The summed E-state index contributed by atoms with van der Waals surface area (Å²) in [5, 5.41) is 0.987. The topological polar surface area (TPSA) is 61.3 Å². The van der Waals surface area contributed by atoms with Crippen LogP contribution in [0.2, 0.25) is 0 Å². The number of H-pyrrole nitrogens is 1. The number of nitrogens with one attached hydrogen (secondary N) is 1. The molecule has 2 aromatic heterocycles. The van der Waals surface area contributed by atoms with E-state index < -0.39 is 18.3 Å². The highest BCUT2D eigenvalue weighted by Gasteiger charge is 2.51. The van der Waals surface area contributed by atoms with Gasteiger partial charge in [-0.05, 0) is 57.4 Å². The van der Waals surface area contributed by atoms with E-state index in [1.54, 1.807) is 12.5 Å². The van der Waals surface area contributed by atoms with E-state index in [0.717, 1.165) is 27.8 Å². The Bertz CT molecular complexity index is 1340. The quantitative estimate of drug-likeness (QED) is 0.476. The molecule has 6 rings (SSSR count). The van der Waals surface area contributed by atoms with E-state index in [4.69, 9.17) is 14.0 Å². The summed E-state index contributed by atoms with van der Waals surface area (Å²) in [5.41, 5.74) is 3.80. The molecule has 0 unspecified atom stereocenters. The van der Waals surface area contributed by atoms with Crippen molar-refractivity contribution in [3.63, 3.8) is 0 Å². The number of aromatic nitrogens is 3. The van der Waals surface area contributed by atoms with Crippen molar-refractivity contribution in [1.29, 1.82) is 0 Å². The molecule has 0 saturated carbocycles. The van der Waals surface area contributed by atoms with Crippen LogP contribution in [0.1, 0.15) is 27.7 Å². The number of nitrogens with zero attached hydrogens (tertiary/aromatic N) is 2. The first-order valence-electron chi connectivity index (χ1n) is 10.7. The molecule has 0 atom stereocenters. The van der Waals surface area contributed by atoms with E-state index in [2.05, 4.69) is 16.0 Å². The fourth-order valence-electron chi connectivity index (χ4n) is 4.41. The van der Waals surface area contributed by atoms with Crippen LogP contribution >= 0.6 is 0 Å². The van der Waals surface area contributed by atoms with Crippen LogP contribution in [0.25, 0.3) is 33.4 Å². The first-order valence-corrected chi connectivity index (χ1v) is 10.7. The van der Waals surface area contributed by atoms with Gasteiger partial charge < -0.3 is 23.6 Å². The Labute approximate surface area is 185 Å². The zero-order valence-electron chi connectivity index (χ0n) is 18.4. The predicted molar refractivity (Wildman–Crippen MR) is 121 cm³/mol. The second-order valence-corrected chi connectivity index (χ2v) is 9.43. The summed E-state index contributed by atoms with van der Waals surface area (Å²) in [5.74, 6) is 0.193. The molecule has 0 aliphatic carbocycles. The average molecular weight is 431 g/mol. The third-order valence-electron chi connectivity index (χ3n) is 6.92. The molecule has 0 bridgehead atoms. The lowest BCUT2D eigenvalue weighted by atomic mass is 9.78. The van der Waals surface area contributed by atoms with Crippen molar-refractivity contribution in [2.45, 2.75) is 45.6 Å². The summed E-state index contributed by atoms with van der Waals surface area (Å²) in [6.45, 7) is 8.47. The van der Waals surface area contributed by atoms with Gasteiger partial charge in [0.1, 0.15) is 11.6 Å². The van der Waals surface area contributed by atoms with Crippen LogP contribution in [0.5, 0.6) is 5.75 Å². The third kappa shape index (κ3) is 2.76. The number of imidazole rings is 1. The number of fused-ring (bicyclic) bond motifs is 5. The van der Waals surface area contributed by atoms with Crippen molar-refractivity contribution in [3.05, 3.63) is 54.7 Å². The normalized spacial score (nSPS) is 18.5. The van der Waals surface area contributed by atoms with Gasteiger partial charge in [-0.2, -0.15) is 0 Å². The van der Waals surface area contributed by atoms with Crippen LogP contribution < -0.4 is 10.2 Å². The maximum absolute atomic E-state index is 15.3. The molecule has 0 radical (unpaired) electrons. The fraction of sp³-hybridized carbons (Fsp3) is 0.292. The van der Waals surface area contributed by atoms with Gasteiger partial charge in [-0.15, -0.1) is 0 Å². The smallest absolute Gasteiger partial charge is 0.472 e. The van der Waals surface area contributed by atoms with Crippen molar-refractivity contribution < 1.29 is 18.4 Å². The molecular formula is C24H23BFN3O3. The molecule has 0 amide bonds. The second kappa shape index (κ2) is 6.46. The van der Waals surface area contributed by atoms with E-state index in [9.17, 15) is 0 Å². The monoisotopic (exact) mass is 431 g/mol. The predicted octanol–water partition coefficient (Wildman–Crippen LogP) is 4.49. The molecule has 8 heteroatoms. The minimum atomic E-state index is -0.446. The highest BCUT2D eigenvalue weighted by Crippen LogP contribution is 2.42. The molecule has 1 saturated heterocycles. The summed E-state index contributed by atoms with van der Waals surface area (Å²) in [6, 6.07) is 11.4. The number of halogens is 1. The Morgan fingerprint density at radius 3 is 2.56 bits per heavy atom. The first kappa shape index (κ1) is 19.6. The van der Waals surface area contributed by atoms with Crippen LogP contribution in [0.3, 0.4) is 0 Å². The largest absolute Gasteiger partial charge is 0.494 e. The molecule has 2 aromatic carbocycles. The maximum atomic E-state index is 15.3. The van der Waals surface area contributed by atoms with Crippen LogP contribution in [0.4, 0.5) is 4.39 Å². The van der Waals surface area contributed by atoms with Gasteiger partial charge in [0.25, 0.3) is 0 Å². The number of ether oxygens (including phenoxy) is 1. The highest BCUT2D eigenvalue weighted by molar-refractivity contribution is 6.62. The van der Waals surface area contributed by atoms with E-state index in [0.29, 0.717) is 23.6 Å². The van der Waals surface area contributed by atoms with E-state index in [1.807, 2.05) is 56.5 Å². The van der Waals surface area contributed by atoms with Gasteiger partial charge in [0, 0.05) is 10.9 Å². The lowest BCUT2D eigenvalue weighted by Crippen LogP contribution is -2.41. The second-order valence-electron chi connectivity index (χ2n) is 9.43. The standard InChI is InChI=1S/C24H23BFN3O3/c1-23(2)24(3,4)32-25(31-23)16-5-6-19-15(7-16)9-20-22-17(26)8-14(18-11-27-12-28-18)10-21(22)30-13-29(19)20/h5-12H,13H2,1-4H3,(H,27,28). The Morgan fingerprint density at radius 1 is 1.06 bits per heavy atom.